The Morgan fingerprint density at radius 3 is 1.38 bits per heavy atom. The average molecular weight is 1200 g/mol. The van der Waals surface area contributed by atoms with Crippen LogP contribution >= 0.6 is 11.3 Å². The summed E-state index contributed by atoms with van der Waals surface area (Å²) >= 11 is 1.13. The molecule has 2 rings (SSSR count). The van der Waals surface area contributed by atoms with Crippen LogP contribution < -0.4 is 4.90 Å². The first-order valence-corrected chi connectivity index (χ1v) is 33.2. The number of hydrogen-bond donors (Lipinski definition) is 2. The molecule has 0 aliphatic carbocycles. The van der Waals surface area contributed by atoms with Crippen LogP contribution in [0.25, 0.3) is 4.85 Å². The molecule has 2 aromatic rings. The number of carboxylic acids is 2. The number of hydrogen-bond acceptors (Lipinski definition) is 14. The van der Waals surface area contributed by atoms with E-state index in [0.29, 0.717) is 46.5 Å². The number of ether oxygens (including phenoxy) is 5. The van der Waals surface area contributed by atoms with Crippen molar-refractivity contribution in [2.45, 2.75) is 233 Å². The zero-order valence-electron chi connectivity index (χ0n) is 52.6. The molecule has 0 saturated heterocycles. The van der Waals surface area contributed by atoms with Crippen LogP contribution in [0, 0.1) is 43.6 Å². The highest BCUT2D eigenvalue weighted by Gasteiger charge is 2.22. The van der Waals surface area contributed by atoms with E-state index in [1.807, 2.05) is 49.4 Å². The third-order valence-electron chi connectivity index (χ3n) is 15.1. The number of aliphatic carboxylic acids is 2. The molecule has 17 heteroatoms. The van der Waals surface area contributed by atoms with Gasteiger partial charge in [-0.15, -0.1) is 21.6 Å². The minimum atomic E-state index is -1.03. The number of anilines is 1. The standard InChI is InChI=1S/C68H107N5O11S/c1-6-8-10-12-14-16-18-20-22-24-26-28-30-32-34-36-38-58(67(76)77)53-63(74)83-50-48-81-45-43-73(60-40-41-62(56(3)52-60)71-72-66-61(55-69)57(4)65(70-5)85-66)42-44-80-46-47-82-49-51-84-64(75)54-59(68(78)79)39-37-35-33-31-29-27-25-23-21-19-17-15-13-11-9-7-2/h34-37,40-41,52,58-59H,6-33,38-39,42-51,53-54H2,1-4H3,(H,76,77)(H,78,79)/b36-34+,37-35+,72-71?. The predicted octanol–water partition coefficient (Wildman–Crippen LogP) is 18.2. The van der Waals surface area contributed by atoms with Gasteiger partial charge in [0.15, 0.2) is 0 Å². The molecule has 0 aliphatic rings. The van der Waals surface area contributed by atoms with Gasteiger partial charge in [-0.2, -0.15) is 5.26 Å². The highest BCUT2D eigenvalue weighted by Crippen LogP contribution is 2.41. The van der Waals surface area contributed by atoms with Crippen molar-refractivity contribution in [1.29, 1.82) is 5.26 Å². The van der Waals surface area contributed by atoms with Crippen molar-refractivity contribution < 1.29 is 53.1 Å². The number of benzene rings is 1. The lowest BCUT2D eigenvalue weighted by Gasteiger charge is -2.25. The minimum absolute atomic E-state index is 0.00348. The molecule has 1 heterocycles. The molecular weight excluding hydrogens is 1090 g/mol. The Labute approximate surface area is 515 Å². The first kappa shape index (κ1) is 75.6. The highest BCUT2D eigenvalue weighted by atomic mass is 32.1. The molecule has 0 saturated carbocycles. The number of unbranched alkanes of at least 4 members (excludes halogenated alkanes) is 26. The summed E-state index contributed by atoms with van der Waals surface area (Å²) in [5.74, 6) is -4.92. The summed E-state index contributed by atoms with van der Waals surface area (Å²) in [6.45, 7) is 17.8. The molecule has 1 aromatic heterocycles. The van der Waals surface area contributed by atoms with E-state index >= 15 is 0 Å². The second-order valence-corrected chi connectivity index (χ2v) is 23.3. The molecule has 0 fully saturated rings. The lowest BCUT2D eigenvalue weighted by molar-refractivity contribution is -0.152. The van der Waals surface area contributed by atoms with E-state index in [9.17, 15) is 34.7 Å². The summed E-state index contributed by atoms with van der Waals surface area (Å²) in [4.78, 5) is 54.6. The van der Waals surface area contributed by atoms with E-state index in [4.69, 9.17) is 30.3 Å². The van der Waals surface area contributed by atoms with Gasteiger partial charge in [-0.3, -0.25) is 19.2 Å². The summed E-state index contributed by atoms with van der Waals surface area (Å²) < 4.78 is 28.1. The van der Waals surface area contributed by atoms with Gasteiger partial charge in [-0.1, -0.05) is 192 Å². The number of esters is 2. The Hall–Kier alpha value is -5.46. The van der Waals surface area contributed by atoms with E-state index in [1.54, 1.807) is 6.92 Å². The predicted molar refractivity (Wildman–Crippen MR) is 342 cm³/mol. The van der Waals surface area contributed by atoms with E-state index < -0.39 is 35.7 Å². The Morgan fingerprint density at radius 1 is 0.588 bits per heavy atom. The van der Waals surface area contributed by atoms with E-state index in [1.165, 1.54) is 154 Å². The topological polar surface area (TPSA) is 211 Å². The van der Waals surface area contributed by atoms with Crippen LogP contribution in [0.2, 0.25) is 0 Å². The quantitative estimate of drug-likeness (QED) is 0.0208. The Kier molecular flexibility index (Phi) is 46.0. The number of carboxylic acid groups (broad SMARTS) is 2. The number of carbonyl (C=O) groups is 4. The Bertz CT molecular complexity index is 2290. The monoisotopic (exact) mass is 1200 g/mol. The highest BCUT2D eigenvalue weighted by molar-refractivity contribution is 7.20. The molecule has 85 heavy (non-hydrogen) atoms. The number of aryl methyl sites for hydroxylation is 1. The van der Waals surface area contributed by atoms with Gasteiger partial charge >= 0.3 is 23.9 Å². The number of nitriles is 1. The van der Waals surface area contributed by atoms with Crippen molar-refractivity contribution in [3.05, 3.63) is 70.6 Å². The smallest absolute Gasteiger partial charge is 0.307 e. The molecule has 0 aliphatic heterocycles. The second-order valence-electron chi connectivity index (χ2n) is 22.3. The fraction of sp³-hybridized carbons (Fsp3) is 0.706. The van der Waals surface area contributed by atoms with E-state index in [2.05, 4.69) is 39.9 Å². The SMILES string of the molecule is [C-]#[N+]c1sc(N=Nc2ccc(N(CCOCCOCCOC(=O)CC(C/C=C/CCCCCCCCCCCCCCC)C(=O)O)CCOCCOC(=O)CC(C/C=C/CCCCCCCCCCCCCCC)C(=O)O)cc2C)c(C#N)c1C. The third kappa shape index (κ3) is 38.3. The molecule has 476 valence electrons. The van der Waals surface area contributed by atoms with Gasteiger partial charge in [0.05, 0.1) is 82.1 Å². The van der Waals surface area contributed by atoms with Gasteiger partial charge in [0, 0.05) is 18.8 Å². The molecule has 2 unspecified atom stereocenters. The maximum absolute atomic E-state index is 12.7. The van der Waals surface area contributed by atoms with Gasteiger partial charge in [0.1, 0.15) is 24.3 Å². The molecule has 0 spiro atoms. The van der Waals surface area contributed by atoms with Gasteiger partial charge in [0.2, 0.25) is 5.00 Å². The lowest BCUT2D eigenvalue weighted by atomic mass is 10.0. The summed E-state index contributed by atoms with van der Waals surface area (Å²) in [6.07, 6.45) is 43.4. The largest absolute Gasteiger partial charge is 0.481 e. The van der Waals surface area contributed by atoms with Gasteiger partial charge in [-0.05, 0) is 81.7 Å². The molecule has 2 N–H and O–H groups in total. The van der Waals surface area contributed by atoms with Gasteiger partial charge < -0.3 is 38.8 Å². The molecule has 0 amide bonds. The molecule has 0 radical (unpaired) electrons. The fourth-order valence-electron chi connectivity index (χ4n) is 9.80. The number of thiophene rings is 1. The van der Waals surface area contributed by atoms with Crippen molar-refractivity contribution in [3.63, 3.8) is 0 Å². The first-order valence-electron chi connectivity index (χ1n) is 32.4. The molecule has 0 bridgehead atoms. The van der Waals surface area contributed by atoms with Crippen LogP contribution in [0.1, 0.15) is 236 Å². The Balaban J connectivity index is 1.75. The van der Waals surface area contributed by atoms with Crippen molar-refractivity contribution in [2.24, 2.45) is 22.1 Å². The normalized spacial score (nSPS) is 12.3. The van der Waals surface area contributed by atoms with Crippen molar-refractivity contribution in [2.75, 3.05) is 70.8 Å². The number of allylic oxidation sites excluding steroid dienone is 4. The maximum Gasteiger partial charge on any atom is 0.307 e. The average Bonchev–Trinajstić information content (AvgIpc) is 3.76. The van der Waals surface area contributed by atoms with Crippen molar-refractivity contribution in [3.8, 4) is 6.07 Å². The van der Waals surface area contributed by atoms with Crippen molar-refractivity contribution in [1.82, 2.24) is 0 Å². The van der Waals surface area contributed by atoms with Crippen LogP contribution in [-0.4, -0.2) is 100 Å². The zero-order valence-corrected chi connectivity index (χ0v) is 53.4. The van der Waals surface area contributed by atoms with Crippen LogP contribution in [0.4, 0.5) is 21.4 Å². The number of azo groups is 1. The lowest BCUT2D eigenvalue weighted by Crippen LogP contribution is -2.31. The zero-order chi connectivity index (χ0) is 61.8. The number of rotatable bonds is 56. The van der Waals surface area contributed by atoms with Crippen LogP contribution in [0.3, 0.4) is 0 Å². The van der Waals surface area contributed by atoms with Crippen LogP contribution in [0.15, 0.2) is 52.7 Å². The summed E-state index contributed by atoms with van der Waals surface area (Å²) in [6, 6.07) is 7.81. The number of nitrogens with zero attached hydrogens (tertiary/aromatic N) is 5. The summed E-state index contributed by atoms with van der Waals surface area (Å²) in [5.41, 5.74) is 3.20. The number of carbonyl (C=O) groups excluding carboxylic acids is 2. The summed E-state index contributed by atoms with van der Waals surface area (Å²) in [5, 5.41) is 38.7. The van der Waals surface area contributed by atoms with Crippen LogP contribution in [-0.2, 0) is 42.9 Å². The van der Waals surface area contributed by atoms with Gasteiger partial charge in [-0.25, -0.2) is 4.85 Å². The van der Waals surface area contributed by atoms with Gasteiger partial charge in [0.25, 0.3) is 0 Å². The second kappa shape index (κ2) is 51.7. The van der Waals surface area contributed by atoms with E-state index in [0.717, 1.165) is 48.3 Å². The Morgan fingerprint density at radius 2 is 0.988 bits per heavy atom. The van der Waals surface area contributed by atoms with E-state index in [-0.39, 0.29) is 71.9 Å². The molecule has 1 aromatic carbocycles. The molecule has 16 nitrogen and oxygen atoms in total. The fourth-order valence-corrected chi connectivity index (χ4v) is 10.7. The minimum Gasteiger partial charge on any atom is -0.481 e. The summed E-state index contributed by atoms with van der Waals surface area (Å²) in [7, 11) is 0. The maximum atomic E-state index is 12.7. The molecular formula is C68H107N5O11S. The third-order valence-corrected chi connectivity index (χ3v) is 16.2. The molecule has 2 atom stereocenters. The van der Waals surface area contributed by atoms with Crippen molar-refractivity contribution >= 4 is 56.6 Å². The van der Waals surface area contributed by atoms with Crippen LogP contribution in [0.5, 0.6) is 0 Å². The first-order chi connectivity index (χ1) is 41.4.